The molecule has 5 nitrogen and oxygen atoms in total. The summed E-state index contributed by atoms with van der Waals surface area (Å²) in [6.45, 7) is 2.31. The average Bonchev–Trinajstić information content (AvgIpc) is 2.43. The second-order valence-electron chi connectivity index (χ2n) is 5.55. The van der Waals surface area contributed by atoms with Gasteiger partial charge in [0, 0.05) is 6.54 Å². The van der Waals surface area contributed by atoms with Crippen molar-refractivity contribution in [3.63, 3.8) is 0 Å². The highest BCUT2D eigenvalue weighted by molar-refractivity contribution is 5.87. The molecule has 1 fully saturated rings. The predicted molar refractivity (Wildman–Crippen MR) is 73.7 cm³/mol. The van der Waals surface area contributed by atoms with Gasteiger partial charge in [-0.3, -0.25) is 4.79 Å². The number of carbonyl (C=O) groups excluding carboxylic acids is 1. The Balaban J connectivity index is 2.65. The number of hydrogen-bond acceptors (Lipinski definition) is 3. The third-order valence-corrected chi connectivity index (χ3v) is 4.13. The summed E-state index contributed by atoms with van der Waals surface area (Å²) in [5, 5.41) is 11.9. The van der Waals surface area contributed by atoms with Gasteiger partial charge in [-0.2, -0.15) is 0 Å². The zero-order valence-corrected chi connectivity index (χ0v) is 11.8. The first-order chi connectivity index (χ1) is 9.05. The molecule has 0 aromatic heterocycles. The maximum absolute atomic E-state index is 12.4. The molecule has 0 saturated heterocycles. The second-order valence-corrected chi connectivity index (χ2v) is 5.55. The van der Waals surface area contributed by atoms with E-state index in [-0.39, 0.29) is 5.91 Å². The molecule has 0 bridgehead atoms. The fourth-order valence-electron chi connectivity index (χ4n) is 2.73. The third kappa shape index (κ3) is 4.20. The Bertz CT molecular complexity index is 312. The molecule has 0 spiro atoms. The summed E-state index contributed by atoms with van der Waals surface area (Å²) in [5.41, 5.74) is 5.24. The number of nitrogens with two attached hydrogens (primary N) is 1. The van der Waals surface area contributed by atoms with E-state index in [9.17, 15) is 9.59 Å². The van der Waals surface area contributed by atoms with Crippen LogP contribution in [0.25, 0.3) is 0 Å². The molecule has 1 aliphatic rings. The van der Waals surface area contributed by atoms with Gasteiger partial charge in [0.05, 0.1) is 5.41 Å². The van der Waals surface area contributed by atoms with Crippen LogP contribution >= 0.6 is 0 Å². The Hall–Kier alpha value is -1.10. The summed E-state index contributed by atoms with van der Waals surface area (Å²) in [7, 11) is 0. The van der Waals surface area contributed by atoms with E-state index < -0.39 is 17.4 Å². The number of hydrogen-bond donors (Lipinski definition) is 3. The van der Waals surface area contributed by atoms with Gasteiger partial charge in [-0.05, 0) is 19.3 Å². The van der Waals surface area contributed by atoms with Gasteiger partial charge in [-0.15, -0.1) is 0 Å². The molecular formula is C14H26N2O3. The maximum atomic E-state index is 12.4. The standard InChI is InChI=1S/C14H26N2O3/c1-2-3-7-11(12(17)18)16-13(19)14(10-15)8-5-4-6-9-14/h11H,2-10,15H2,1H3,(H,16,19)(H,17,18). The predicted octanol–water partition coefficient (Wildman–Crippen LogP) is 1.66. The Morgan fingerprint density at radius 1 is 1.32 bits per heavy atom. The summed E-state index contributed by atoms with van der Waals surface area (Å²) in [5.74, 6) is -1.12. The van der Waals surface area contributed by atoms with Gasteiger partial charge in [0.15, 0.2) is 0 Å². The van der Waals surface area contributed by atoms with E-state index in [0.29, 0.717) is 13.0 Å². The van der Waals surface area contributed by atoms with E-state index in [0.717, 1.165) is 44.9 Å². The lowest BCUT2D eigenvalue weighted by molar-refractivity contribution is -0.144. The van der Waals surface area contributed by atoms with Crippen LogP contribution in [-0.2, 0) is 9.59 Å². The molecule has 110 valence electrons. The molecule has 1 atom stereocenters. The van der Waals surface area contributed by atoms with Crippen molar-refractivity contribution < 1.29 is 14.7 Å². The molecule has 19 heavy (non-hydrogen) atoms. The number of carbonyl (C=O) groups is 2. The zero-order valence-electron chi connectivity index (χ0n) is 11.8. The summed E-state index contributed by atoms with van der Waals surface area (Å²) < 4.78 is 0. The minimum atomic E-state index is -0.954. The normalized spacial score (nSPS) is 19.7. The van der Waals surface area contributed by atoms with Crippen molar-refractivity contribution in [2.75, 3.05) is 6.54 Å². The van der Waals surface area contributed by atoms with Gasteiger partial charge >= 0.3 is 5.97 Å². The highest BCUT2D eigenvalue weighted by atomic mass is 16.4. The molecule has 0 heterocycles. The van der Waals surface area contributed by atoms with Crippen molar-refractivity contribution in [3.05, 3.63) is 0 Å². The Morgan fingerprint density at radius 2 is 1.95 bits per heavy atom. The van der Waals surface area contributed by atoms with Crippen molar-refractivity contribution in [3.8, 4) is 0 Å². The van der Waals surface area contributed by atoms with Crippen LogP contribution in [0.5, 0.6) is 0 Å². The van der Waals surface area contributed by atoms with Crippen LogP contribution in [0.4, 0.5) is 0 Å². The fourth-order valence-corrected chi connectivity index (χ4v) is 2.73. The van der Waals surface area contributed by atoms with Crippen LogP contribution in [0, 0.1) is 5.41 Å². The molecule has 4 N–H and O–H groups in total. The molecule has 0 aromatic carbocycles. The van der Waals surface area contributed by atoms with E-state index in [1.54, 1.807) is 0 Å². The highest BCUT2D eigenvalue weighted by Crippen LogP contribution is 2.35. The van der Waals surface area contributed by atoms with Gasteiger partial charge in [0.25, 0.3) is 0 Å². The summed E-state index contributed by atoms with van der Waals surface area (Å²) in [6.07, 6.45) is 6.87. The number of aliphatic carboxylic acids is 1. The van der Waals surface area contributed by atoms with Crippen LogP contribution in [0.15, 0.2) is 0 Å². The smallest absolute Gasteiger partial charge is 0.326 e. The molecule has 0 aromatic rings. The summed E-state index contributed by atoms with van der Waals surface area (Å²) in [4.78, 5) is 23.5. The third-order valence-electron chi connectivity index (χ3n) is 4.13. The van der Waals surface area contributed by atoms with Gasteiger partial charge < -0.3 is 16.2 Å². The fraction of sp³-hybridized carbons (Fsp3) is 0.857. The van der Waals surface area contributed by atoms with Gasteiger partial charge in [0.2, 0.25) is 5.91 Å². The number of rotatable bonds is 7. The minimum Gasteiger partial charge on any atom is -0.480 e. The van der Waals surface area contributed by atoms with Gasteiger partial charge in [-0.25, -0.2) is 4.79 Å². The van der Waals surface area contributed by atoms with Crippen molar-refractivity contribution >= 4 is 11.9 Å². The first-order valence-electron chi connectivity index (χ1n) is 7.29. The molecule has 1 saturated carbocycles. The minimum absolute atomic E-state index is 0.168. The molecule has 1 rings (SSSR count). The molecule has 0 radical (unpaired) electrons. The van der Waals surface area contributed by atoms with E-state index in [1.807, 2.05) is 6.92 Å². The molecular weight excluding hydrogens is 244 g/mol. The average molecular weight is 270 g/mol. The lowest BCUT2D eigenvalue weighted by Gasteiger charge is -2.35. The van der Waals surface area contributed by atoms with E-state index >= 15 is 0 Å². The van der Waals surface area contributed by atoms with E-state index in [1.165, 1.54) is 0 Å². The van der Waals surface area contributed by atoms with Crippen molar-refractivity contribution in [2.45, 2.75) is 64.3 Å². The molecule has 1 aliphatic carbocycles. The van der Waals surface area contributed by atoms with Crippen LogP contribution in [0.2, 0.25) is 0 Å². The molecule has 1 unspecified atom stereocenters. The SMILES string of the molecule is CCCCC(NC(=O)C1(CN)CCCCC1)C(=O)O. The topological polar surface area (TPSA) is 92.4 Å². The zero-order chi connectivity index (χ0) is 14.3. The van der Waals surface area contributed by atoms with Crippen LogP contribution in [0.1, 0.15) is 58.3 Å². The summed E-state index contributed by atoms with van der Waals surface area (Å²) >= 11 is 0. The molecule has 5 heteroatoms. The Morgan fingerprint density at radius 3 is 2.42 bits per heavy atom. The number of carboxylic acids is 1. The molecule has 0 aliphatic heterocycles. The first-order valence-corrected chi connectivity index (χ1v) is 7.29. The summed E-state index contributed by atoms with van der Waals surface area (Å²) in [6, 6.07) is -0.780. The second kappa shape index (κ2) is 7.48. The first kappa shape index (κ1) is 16.0. The molecule has 1 amide bonds. The van der Waals surface area contributed by atoms with E-state index in [2.05, 4.69) is 5.32 Å². The van der Waals surface area contributed by atoms with Crippen LogP contribution in [-0.4, -0.2) is 29.6 Å². The largest absolute Gasteiger partial charge is 0.480 e. The van der Waals surface area contributed by atoms with Crippen LogP contribution < -0.4 is 11.1 Å². The number of nitrogens with one attached hydrogen (secondary N) is 1. The monoisotopic (exact) mass is 270 g/mol. The Kier molecular flexibility index (Phi) is 6.28. The lowest BCUT2D eigenvalue weighted by atomic mass is 9.73. The van der Waals surface area contributed by atoms with Crippen LogP contribution in [0.3, 0.4) is 0 Å². The van der Waals surface area contributed by atoms with Gasteiger partial charge in [-0.1, -0.05) is 39.0 Å². The van der Waals surface area contributed by atoms with Crippen molar-refractivity contribution in [2.24, 2.45) is 11.1 Å². The van der Waals surface area contributed by atoms with E-state index in [4.69, 9.17) is 10.8 Å². The highest BCUT2D eigenvalue weighted by Gasteiger charge is 2.39. The number of amides is 1. The Labute approximate surface area is 114 Å². The van der Waals surface area contributed by atoms with Gasteiger partial charge in [0.1, 0.15) is 6.04 Å². The number of unbranched alkanes of at least 4 members (excludes halogenated alkanes) is 1. The lowest BCUT2D eigenvalue weighted by Crippen LogP contribution is -2.52. The van der Waals surface area contributed by atoms with Crippen molar-refractivity contribution in [1.82, 2.24) is 5.32 Å². The maximum Gasteiger partial charge on any atom is 0.326 e. The van der Waals surface area contributed by atoms with Crippen molar-refractivity contribution in [1.29, 1.82) is 0 Å². The number of carboxylic acid groups (broad SMARTS) is 1. The quantitative estimate of drug-likeness (QED) is 0.656.